The fourth-order valence-electron chi connectivity index (χ4n) is 3.71. The molecule has 1 heterocycles. The lowest BCUT2D eigenvalue weighted by Gasteiger charge is -2.18. The zero-order valence-electron chi connectivity index (χ0n) is 10.2. The van der Waals surface area contributed by atoms with Crippen molar-refractivity contribution in [2.75, 3.05) is 7.05 Å². The minimum Gasteiger partial charge on any atom is -0.316 e. The zero-order chi connectivity index (χ0) is 11.8. The first-order valence-electron chi connectivity index (χ1n) is 6.57. The van der Waals surface area contributed by atoms with Gasteiger partial charge in [0.05, 0.1) is 5.02 Å². The third-order valence-corrected chi connectivity index (χ3v) is 4.94. The lowest BCUT2D eigenvalue weighted by atomic mass is 9.98. The van der Waals surface area contributed by atoms with Crippen LogP contribution in [0.2, 0.25) is 5.02 Å². The Morgan fingerprint density at radius 3 is 2.88 bits per heavy atom. The van der Waals surface area contributed by atoms with Crippen molar-refractivity contribution < 1.29 is 0 Å². The van der Waals surface area contributed by atoms with Crippen LogP contribution in [-0.2, 0) is 6.42 Å². The quantitative estimate of drug-likeness (QED) is 0.889. The van der Waals surface area contributed by atoms with E-state index < -0.39 is 0 Å². The van der Waals surface area contributed by atoms with Gasteiger partial charge < -0.3 is 5.32 Å². The highest BCUT2D eigenvalue weighted by atomic mass is 35.5. The van der Waals surface area contributed by atoms with E-state index in [0.29, 0.717) is 6.04 Å². The highest BCUT2D eigenvalue weighted by molar-refractivity contribution is 6.31. The molecule has 0 aromatic carbocycles. The van der Waals surface area contributed by atoms with Gasteiger partial charge in [0.1, 0.15) is 0 Å². The Balaban J connectivity index is 1.69. The Labute approximate surface area is 108 Å². The lowest BCUT2D eigenvalue weighted by molar-refractivity contribution is 0.428. The minimum absolute atomic E-state index is 0.588. The Bertz CT molecular complexity index is 397. The van der Waals surface area contributed by atoms with Crippen molar-refractivity contribution in [2.45, 2.75) is 31.7 Å². The molecule has 92 valence electrons. The molecule has 0 bridgehead atoms. The predicted molar refractivity (Wildman–Crippen MR) is 70.1 cm³/mol. The van der Waals surface area contributed by atoms with Crippen molar-refractivity contribution in [2.24, 2.45) is 17.8 Å². The topological polar surface area (TPSA) is 24.9 Å². The molecular weight excluding hydrogens is 232 g/mol. The normalized spacial score (nSPS) is 32.2. The maximum absolute atomic E-state index is 6.18. The third kappa shape index (κ3) is 2.09. The summed E-state index contributed by atoms with van der Waals surface area (Å²) in [5.41, 5.74) is 1.23. The fourth-order valence-corrected chi connectivity index (χ4v) is 3.91. The molecule has 0 radical (unpaired) electrons. The highest BCUT2D eigenvalue weighted by Gasteiger charge is 2.55. The van der Waals surface area contributed by atoms with Crippen molar-refractivity contribution >= 4 is 11.6 Å². The van der Waals surface area contributed by atoms with Crippen molar-refractivity contribution in [3.05, 3.63) is 29.0 Å². The van der Waals surface area contributed by atoms with Gasteiger partial charge >= 0.3 is 0 Å². The van der Waals surface area contributed by atoms with E-state index in [1.807, 2.05) is 12.3 Å². The Morgan fingerprint density at radius 2 is 2.24 bits per heavy atom. The van der Waals surface area contributed by atoms with Crippen LogP contribution in [0.25, 0.3) is 0 Å². The number of halogens is 1. The first kappa shape index (κ1) is 11.5. The second kappa shape index (κ2) is 4.58. The molecule has 2 saturated carbocycles. The van der Waals surface area contributed by atoms with Gasteiger partial charge in [0.25, 0.3) is 0 Å². The van der Waals surface area contributed by atoms with Crippen molar-refractivity contribution in [1.29, 1.82) is 0 Å². The molecule has 2 aliphatic carbocycles. The maximum atomic E-state index is 6.18. The van der Waals surface area contributed by atoms with Gasteiger partial charge in [0, 0.05) is 18.4 Å². The molecule has 2 aliphatic rings. The van der Waals surface area contributed by atoms with Gasteiger partial charge in [0.15, 0.2) is 0 Å². The highest BCUT2D eigenvalue weighted by Crippen LogP contribution is 2.59. The van der Waals surface area contributed by atoms with Crippen LogP contribution in [0, 0.1) is 17.8 Å². The molecule has 2 fully saturated rings. The van der Waals surface area contributed by atoms with E-state index in [0.717, 1.165) is 29.2 Å². The van der Waals surface area contributed by atoms with E-state index >= 15 is 0 Å². The summed E-state index contributed by atoms with van der Waals surface area (Å²) >= 11 is 6.18. The molecule has 0 saturated heterocycles. The van der Waals surface area contributed by atoms with Crippen LogP contribution >= 0.6 is 11.6 Å². The van der Waals surface area contributed by atoms with Crippen LogP contribution < -0.4 is 5.32 Å². The summed E-state index contributed by atoms with van der Waals surface area (Å²) in [5, 5.41) is 4.29. The summed E-state index contributed by atoms with van der Waals surface area (Å²) in [5.74, 6) is 2.87. The fraction of sp³-hybridized carbons (Fsp3) is 0.643. The van der Waals surface area contributed by atoms with Crippen molar-refractivity contribution in [3.8, 4) is 0 Å². The standard InChI is InChI=1S/C14H19ClN2/c1-16-13(14-10-3-2-4-11(10)14)7-9-5-6-17-8-12(9)15/h5-6,8,10-11,13-14,16H,2-4,7H2,1H3. The maximum Gasteiger partial charge on any atom is 0.0621 e. The Kier molecular flexibility index (Phi) is 3.10. The average molecular weight is 251 g/mol. The van der Waals surface area contributed by atoms with Crippen molar-refractivity contribution in [3.63, 3.8) is 0 Å². The third-order valence-electron chi connectivity index (χ3n) is 4.60. The summed E-state index contributed by atoms with van der Waals surface area (Å²) in [6.07, 6.45) is 8.95. The van der Waals surface area contributed by atoms with Crippen LogP contribution in [0.15, 0.2) is 18.5 Å². The van der Waals surface area contributed by atoms with Crippen molar-refractivity contribution in [1.82, 2.24) is 10.3 Å². The zero-order valence-corrected chi connectivity index (χ0v) is 11.0. The summed E-state index contributed by atoms with van der Waals surface area (Å²) in [4.78, 5) is 4.04. The number of pyridine rings is 1. The van der Waals surface area contributed by atoms with Gasteiger partial charge in [-0.1, -0.05) is 18.0 Å². The van der Waals surface area contributed by atoms with Gasteiger partial charge in [-0.2, -0.15) is 0 Å². The largest absolute Gasteiger partial charge is 0.316 e. The van der Waals surface area contributed by atoms with Crippen LogP contribution in [0.1, 0.15) is 24.8 Å². The van der Waals surface area contributed by atoms with Crippen LogP contribution in [0.4, 0.5) is 0 Å². The smallest absolute Gasteiger partial charge is 0.0621 e. The second-order valence-corrected chi connectivity index (χ2v) is 5.81. The van der Waals surface area contributed by atoms with Crippen LogP contribution in [-0.4, -0.2) is 18.1 Å². The van der Waals surface area contributed by atoms with Gasteiger partial charge in [-0.15, -0.1) is 0 Å². The average Bonchev–Trinajstić information content (AvgIpc) is 2.82. The van der Waals surface area contributed by atoms with E-state index in [1.165, 1.54) is 24.8 Å². The van der Waals surface area contributed by atoms with E-state index in [-0.39, 0.29) is 0 Å². The SMILES string of the molecule is CNC(Cc1ccncc1Cl)C1C2CCCC21. The van der Waals surface area contributed by atoms with Gasteiger partial charge in [-0.3, -0.25) is 4.98 Å². The molecule has 0 aliphatic heterocycles. The van der Waals surface area contributed by atoms with Gasteiger partial charge in [-0.25, -0.2) is 0 Å². The number of fused-ring (bicyclic) bond motifs is 1. The molecule has 2 nitrogen and oxygen atoms in total. The van der Waals surface area contributed by atoms with E-state index in [1.54, 1.807) is 6.20 Å². The number of hydrogen-bond donors (Lipinski definition) is 1. The van der Waals surface area contributed by atoms with Gasteiger partial charge in [0.2, 0.25) is 0 Å². The summed E-state index contributed by atoms with van der Waals surface area (Å²) in [7, 11) is 2.08. The molecule has 3 unspecified atom stereocenters. The molecule has 3 atom stereocenters. The van der Waals surface area contributed by atoms with Crippen LogP contribution in [0.5, 0.6) is 0 Å². The number of nitrogens with zero attached hydrogens (tertiary/aromatic N) is 1. The monoisotopic (exact) mass is 250 g/mol. The molecule has 3 rings (SSSR count). The first-order valence-corrected chi connectivity index (χ1v) is 6.94. The number of likely N-dealkylation sites (N-methyl/N-ethyl adjacent to an activating group) is 1. The molecule has 0 spiro atoms. The van der Waals surface area contributed by atoms with E-state index in [4.69, 9.17) is 11.6 Å². The Hall–Kier alpha value is -0.600. The lowest BCUT2D eigenvalue weighted by Crippen LogP contribution is -2.31. The number of nitrogens with one attached hydrogen (secondary N) is 1. The van der Waals surface area contributed by atoms with Gasteiger partial charge in [-0.05, 0) is 55.7 Å². The number of hydrogen-bond acceptors (Lipinski definition) is 2. The van der Waals surface area contributed by atoms with E-state index in [9.17, 15) is 0 Å². The summed E-state index contributed by atoms with van der Waals surface area (Å²) < 4.78 is 0. The minimum atomic E-state index is 0.588. The molecule has 3 heteroatoms. The molecule has 1 aromatic rings. The molecule has 17 heavy (non-hydrogen) atoms. The molecule has 1 aromatic heterocycles. The molecule has 1 N–H and O–H groups in total. The number of aromatic nitrogens is 1. The molecular formula is C14H19ClN2. The summed E-state index contributed by atoms with van der Waals surface area (Å²) in [6, 6.07) is 2.63. The number of rotatable bonds is 4. The summed E-state index contributed by atoms with van der Waals surface area (Å²) in [6.45, 7) is 0. The molecule has 0 amide bonds. The van der Waals surface area contributed by atoms with E-state index in [2.05, 4.69) is 17.3 Å². The Morgan fingerprint density at radius 1 is 1.47 bits per heavy atom. The first-order chi connectivity index (χ1) is 8.31. The predicted octanol–water partition coefficient (Wildman–Crippen LogP) is 2.91. The second-order valence-electron chi connectivity index (χ2n) is 5.40. The van der Waals surface area contributed by atoms with Crippen LogP contribution in [0.3, 0.4) is 0 Å².